The smallest absolute Gasteiger partial charge is 0.280 e. The number of aromatic nitrogens is 4. The van der Waals surface area contributed by atoms with E-state index in [0.29, 0.717) is 28.6 Å². The number of imidazole rings is 1. The summed E-state index contributed by atoms with van der Waals surface area (Å²) < 4.78 is 1.84. The fraction of sp³-hybridized carbons (Fsp3) is 0.154. The molecule has 0 amide bonds. The predicted octanol–water partition coefficient (Wildman–Crippen LogP) is 1.71. The van der Waals surface area contributed by atoms with Crippen molar-refractivity contribution in [3.05, 3.63) is 51.0 Å². The van der Waals surface area contributed by atoms with Gasteiger partial charge in [-0.2, -0.15) is 4.98 Å². The molecule has 0 atom stereocenters. The lowest BCUT2D eigenvalue weighted by Gasteiger charge is -2.06. The second-order valence-electron chi connectivity index (χ2n) is 4.50. The molecule has 6 nitrogen and oxygen atoms in total. The van der Waals surface area contributed by atoms with Crippen LogP contribution in [0.3, 0.4) is 0 Å². The Bertz CT molecular complexity index is 852. The second kappa shape index (κ2) is 4.64. The standard InChI is InChI=1S/C13H12ClN5O/c1-7-16-10-11(17-13(15)18-12(10)20)19(7)6-8-3-2-4-9(14)5-8/h2-5H,6H2,1H3,(H3,15,17,18,20). The van der Waals surface area contributed by atoms with Crippen LogP contribution in [0.4, 0.5) is 5.95 Å². The van der Waals surface area contributed by atoms with Crippen LogP contribution in [0.2, 0.25) is 5.02 Å². The van der Waals surface area contributed by atoms with E-state index >= 15 is 0 Å². The fourth-order valence-corrected chi connectivity index (χ4v) is 2.36. The summed E-state index contributed by atoms with van der Waals surface area (Å²) in [5.74, 6) is 0.776. The zero-order valence-corrected chi connectivity index (χ0v) is 11.5. The van der Waals surface area contributed by atoms with E-state index in [1.807, 2.05) is 35.8 Å². The van der Waals surface area contributed by atoms with Gasteiger partial charge >= 0.3 is 0 Å². The molecule has 1 aromatic carbocycles. The number of benzene rings is 1. The molecule has 0 unspecified atom stereocenters. The molecule has 0 aliphatic rings. The van der Waals surface area contributed by atoms with Crippen LogP contribution < -0.4 is 11.3 Å². The highest BCUT2D eigenvalue weighted by Gasteiger charge is 2.13. The summed E-state index contributed by atoms with van der Waals surface area (Å²) >= 11 is 5.98. The van der Waals surface area contributed by atoms with E-state index in [9.17, 15) is 4.79 Å². The van der Waals surface area contributed by atoms with Gasteiger partial charge in [0.15, 0.2) is 11.2 Å². The van der Waals surface area contributed by atoms with Crippen LogP contribution in [0, 0.1) is 6.92 Å². The van der Waals surface area contributed by atoms with E-state index in [2.05, 4.69) is 15.0 Å². The van der Waals surface area contributed by atoms with Gasteiger partial charge < -0.3 is 10.3 Å². The van der Waals surface area contributed by atoms with E-state index in [-0.39, 0.29) is 11.5 Å². The molecule has 20 heavy (non-hydrogen) atoms. The predicted molar refractivity (Wildman–Crippen MR) is 77.9 cm³/mol. The minimum absolute atomic E-state index is 0.0785. The number of hydrogen-bond acceptors (Lipinski definition) is 4. The first-order valence-corrected chi connectivity index (χ1v) is 6.39. The van der Waals surface area contributed by atoms with E-state index in [0.717, 1.165) is 5.56 Å². The molecule has 0 saturated carbocycles. The van der Waals surface area contributed by atoms with Crippen molar-refractivity contribution < 1.29 is 0 Å². The molecule has 2 heterocycles. The zero-order valence-electron chi connectivity index (χ0n) is 10.7. The van der Waals surface area contributed by atoms with Gasteiger partial charge in [-0.1, -0.05) is 23.7 Å². The lowest BCUT2D eigenvalue weighted by atomic mass is 10.2. The Kier molecular flexibility index (Phi) is 2.94. The van der Waals surface area contributed by atoms with Gasteiger partial charge in [0.2, 0.25) is 5.95 Å². The summed E-state index contributed by atoms with van der Waals surface area (Å²) in [7, 11) is 0. The number of halogens is 1. The van der Waals surface area contributed by atoms with Crippen molar-refractivity contribution in [3.8, 4) is 0 Å². The van der Waals surface area contributed by atoms with Gasteiger partial charge in [-0.3, -0.25) is 9.78 Å². The number of fused-ring (bicyclic) bond motifs is 1. The van der Waals surface area contributed by atoms with E-state index < -0.39 is 0 Å². The van der Waals surface area contributed by atoms with Crippen LogP contribution in [0.1, 0.15) is 11.4 Å². The lowest BCUT2D eigenvalue weighted by Crippen LogP contribution is -2.12. The highest BCUT2D eigenvalue weighted by molar-refractivity contribution is 6.30. The Morgan fingerprint density at radius 2 is 2.20 bits per heavy atom. The lowest BCUT2D eigenvalue weighted by molar-refractivity contribution is 0.777. The van der Waals surface area contributed by atoms with Gasteiger partial charge in [0, 0.05) is 5.02 Å². The van der Waals surface area contributed by atoms with Crippen molar-refractivity contribution in [2.24, 2.45) is 0 Å². The Morgan fingerprint density at radius 3 is 2.95 bits per heavy atom. The van der Waals surface area contributed by atoms with Gasteiger partial charge in [0.05, 0.1) is 6.54 Å². The molecule has 102 valence electrons. The number of nitrogens with one attached hydrogen (secondary N) is 1. The van der Waals surface area contributed by atoms with Crippen LogP contribution in [-0.2, 0) is 6.54 Å². The summed E-state index contributed by atoms with van der Waals surface area (Å²) in [4.78, 5) is 22.6. The van der Waals surface area contributed by atoms with Gasteiger partial charge in [-0.05, 0) is 24.6 Å². The summed E-state index contributed by atoms with van der Waals surface area (Å²) in [6.45, 7) is 2.35. The Morgan fingerprint density at radius 1 is 1.40 bits per heavy atom. The number of nitrogen functional groups attached to an aromatic ring is 1. The molecule has 0 aliphatic heterocycles. The number of nitrogens with zero attached hydrogens (tertiary/aromatic N) is 3. The Labute approximate surface area is 119 Å². The van der Waals surface area contributed by atoms with Gasteiger partial charge in [0.25, 0.3) is 5.56 Å². The minimum atomic E-state index is -0.333. The van der Waals surface area contributed by atoms with Crippen LogP contribution in [0.5, 0.6) is 0 Å². The molecule has 3 N–H and O–H groups in total. The number of rotatable bonds is 2. The molecular formula is C13H12ClN5O. The normalized spacial score (nSPS) is 11.1. The third kappa shape index (κ3) is 2.14. The highest BCUT2D eigenvalue weighted by atomic mass is 35.5. The molecule has 0 bridgehead atoms. The molecule has 0 radical (unpaired) electrons. The van der Waals surface area contributed by atoms with Crippen molar-refractivity contribution in [2.75, 3.05) is 5.73 Å². The van der Waals surface area contributed by atoms with Crippen LogP contribution >= 0.6 is 11.6 Å². The third-order valence-corrected chi connectivity index (χ3v) is 3.28. The van der Waals surface area contributed by atoms with Crippen molar-refractivity contribution in [1.82, 2.24) is 19.5 Å². The molecule has 3 aromatic rings. The van der Waals surface area contributed by atoms with Crippen molar-refractivity contribution in [2.45, 2.75) is 13.5 Å². The number of H-pyrrole nitrogens is 1. The monoisotopic (exact) mass is 289 g/mol. The number of anilines is 1. The number of hydrogen-bond donors (Lipinski definition) is 2. The fourth-order valence-electron chi connectivity index (χ4n) is 2.14. The summed E-state index contributed by atoms with van der Waals surface area (Å²) in [5.41, 5.74) is 7.03. The van der Waals surface area contributed by atoms with Crippen molar-refractivity contribution in [1.29, 1.82) is 0 Å². The maximum absolute atomic E-state index is 11.8. The molecule has 0 saturated heterocycles. The Hall–Kier alpha value is -2.34. The zero-order chi connectivity index (χ0) is 14.3. The SMILES string of the molecule is Cc1nc2c(=O)[nH]c(N)nc2n1Cc1cccc(Cl)c1. The summed E-state index contributed by atoms with van der Waals surface area (Å²) in [6.07, 6.45) is 0. The molecule has 0 spiro atoms. The first kappa shape index (κ1) is 12.7. The second-order valence-corrected chi connectivity index (χ2v) is 4.93. The first-order valence-electron chi connectivity index (χ1n) is 6.01. The van der Waals surface area contributed by atoms with Crippen LogP contribution in [0.15, 0.2) is 29.1 Å². The van der Waals surface area contributed by atoms with Crippen LogP contribution in [0.25, 0.3) is 11.2 Å². The summed E-state index contributed by atoms with van der Waals surface area (Å²) in [5, 5.41) is 0.662. The summed E-state index contributed by atoms with van der Waals surface area (Å²) in [6, 6.07) is 7.50. The average Bonchev–Trinajstić information content (AvgIpc) is 2.68. The topological polar surface area (TPSA) is 89.6 Å². The molecule has 0 aliphatic carbocycles. The molecule has 3 rings (SSSR count). The van der Waals surface area contributed by atoms with E-state index in [1.165, 1.54) is 0 Å². The van der Waals surface area contributed by atoms with Crippen LogP contribution in [-0.4, -0.2) is 19.5 Å². The van der Waals surface area contributed by atoms with E-state index in [4.69, 9.17) is 17.3 Å². The average molecular weight is 290 g/mol. The van der Waals surface area contributed by atoms with Gasteiger partial charge in [-0.25, -0.2) is 4.98 Å². The molecule has 2 aromatic heterocycles. The third-order valence-electron chi connectivity index (χ3n) is 3.04. The Balaban J connectivity index is 2.16. The van der Waals surface area contributed by atoms with Crippen molar-refractivity contribution in [3.63, 3.8) is 0 Å². The van der Waals surface area contributed by atoms with E-state index in [1.54, 1.807) is 0 Å². The number of nitrogens with two attached hydrogens (primary N) is 1. The first-order chi connectivity index (χ1) is 9.54. The number of aromatic amines is 1. The highest BCUT2D eigenvalue weighted by Crippen LogP contribution is 2.16. The largest absolute Gasteiger partial charge is 0.369 e. The maximum atomic E-state index is 11.8. The minimum Gasteiger partial charge on any atom is -0.369 e. The van der Waals surface area contributed by atoms with Gasteiger partial charge in [-0.15, -0.1) is 0 Å². The maximum Gasteiger partial charge on any atom is 0.280 e. The van der Waals surface area contributed by atoms with Gasteiger partial charge in [0.1, 0.15) is 5.82 Å². The number of aryl methyl sites for hydroxylation is 1. The molecule has 7 heteroatoms. The van der Waals surface area contributed by atoms with Crippen molar-refractivity contribution >= 4 is 28.7 Å². The molecule has 0 fully saturated rings. The molecular weight excluding hydrogens is 278 g/mol. The quantitative estimate of drug-likeness (QED) is 0.751.